The Balaban J connectivity index is 1.89. The molecule has 118 valence electrons. The zero-order chi connectivity index (χ0) is 16.2. The third-order valence-electron chi connectivity index (χ3n) is 3.27. The van der Waals surface area contributed by atoms with E-state index in [2.05, 4.69) is 25.6 Å². The van der Waals surface area contributed by atoms with E-state index < -0.39 is 0 Å². The fourth-order valence-electron chi connectivity index (χ4n) is 2.23. The lowest BCUT2D eigenvalue weighted by atomic mass is 10.2. The van der Waals surface area contributed by atoms with Crippen molar-refractivity contribution < 1.29 is 5.11 Å². The van der Waals surface area contributed by atoms with Gasteiger partial charge in [0.25, 0.3) is 0 Å². The van der Waals surface area contributed by atoms with Crippen LogP contribution < -0.4 is 5.32 Å². The number of anilines is 2. The van der Waals surface area contributed by atoms with E-state index in [0.717, 1.165) is 22.6 Å². The van der Waals surface area contributed by atoms with Crippen LogP contribution >= 0.6 is 0 Å². The standard InChI is InChI=1S/C16H18N6O/c1-11-3-4-17-15(8-11)19-16-9-12(2)7-13(18-16)14-10-22(5-6-23)21-20-14/h3-4,7-10,23H,5-6H2,1-2H3,(H,17,18,19). The molecule has 0 radical (unpaired) electrons. The lowest BCUT2D eigenvalue weighted by Crippen LogP contribution is -2.02. The van der Waals surface area contributed by atoms with Gasteiger partial charge in [0.05, 0.1) is 25.0 Å². The smallest absolute Gasteiger partial charge is 0.132 e. The van der Waals surface area contributed by atoms with Crippen molar-refractivity contribution in [2.75, 3.05) is 11.9 Å². The zero-order valence-corrected chi connectivity index (χ0v) is 13.1. The summed E-state index contributed by atoms with van der Waals surface area (Å²) in [5, 5.41) is 20.2. The van der Waals surface area contributed by atoms with Crippen LogP contribution in [0.25, 0.3) is 11.4 Å². The zero-order valence-electron chi connectivity index (χ0n) is 13.1. The fourth-order valence-corrected chi connectivity index (χ4v) is 2.23. The molecule has 0 aliphatic heterocycles. The normalized spacial score (nSPS) is 10.7. The summed E-state index contributed by atoms with van der Waals surface area (Å²) in [5.74, 6) is 1.45. The first-order chi connectivity index (χ1) is 11.1. The van der Waals surface area contributed by atoms with Gasteiger partial charge in [-0.2, -0.15) is 0 Å². The van der Waals surface area contributed by atoms with Crippen molar-refractivity contribution in [2.45, 2.75) is 20.4 Å². The van der Waals surface area contributed by atoms with Crippen LogP contribution in [-0.4, -0.2) is 36.7 Å². The molecule has 0 aliphatic rings. The average Bonchev–Trinajstić information content (AvgIpc) is 2.96. The number of aromatic nitrogens is 5. The SMILES string of the molecule is Cc1ccnc(Nc2cc(C)cc(-c3cn(CCO)nn3)n2)c1. The molecule has 0 unspecified atom stereocenters. The molecule has 0 aromatic carbocycles. The van der Waals surface area contributed by atoms with Gasteiger partial charge in [0.15, 0.2) is 0 Å². The second kappa shape index (κ2) is 6.53. The van der Waals surface area contributed by atoms with E-state index in [1.165, 1.54) is 0 Å². The van der Waals surface area contributed by atoms with Crippen LogP contribution in [0.4, 0.5) is 11.6 Å². The van der Waals surface area contributed by atoms with Gasteiger partial charge in [-0.05, 0) is 49.2 Å². The Hall–Kier alpha value is -2.80. The van der Waals surface area contributed by atoms with Gasteiger partial charge in [-0.25, -0.2) is 14.6 Å². The highest BCUT2D eigenvalue weighted by atomic mass is 16.3. The summed E-state index contributed by atoms with van der Waals surface area (Å²) < 4.78 is 1.59. The van der Waals surface area contributed by atoms with Gasteiger partial charge in [0.1, 0.15) is 17.3 Å². The maximum Gasteiger partial charge on any atom is 0.132 e. The lowest BCUT2D eigenvalue weighted by molar-refractivity contribution is 0.268. The summed E-state index contributed by atoms with van der Waals surface area (Å²) in [4.78, 5) is 8.86. The van der Waals surface area contributed by atoms with Gasteiger partial charge in [-0.15, -0.1) is 5.10 Å². The van der Waals surface area contributed by atoms with Crippen molar-refractivity contribution in [1.82, 2.24) is 25.0 Å². The Morgan fingerprint density at radius 2 is 1.91 bits per heavy atom. The van der Waals surface area contributed by atoms with E-state index in [4.69, 9.17) is 5.11 Å². The Morgan fingerprint density at radius 3 is 2.70 bits per heavy atom. The Labute approximate surface area is 134 Å². The van der Waals surface area contributed by atoms with Crippen molar-refractivity contribution in [3.63, 3.8) is 0 Å². The van der Waals surface area contributed by atoms with E-state index in [1.54, 1.807) is 17.1 Å². The number of nitrogens with one attached hydrogen (secondary N) is 1. The number of aliphatic hydroxyl groups is 1. The number of hydrogen-bond donors (Lipinski definition) is 2. The summed E-state index contributed by atoms with van der Waals surface area (Å²) in [5.41, 5.74) is 3.58. The quantitative estimate of drug-likeness (QED) is 0.750. The molecular formula is C16H18N6O. The molecule has 3 rings (SSSR count). The third kappa shape index (κ3) is 3.70. The maximum atomic E-state index is 8.95. The summed E-state index contributed by atoms with van der Waals surface area (Å²) in [7, 11) is 0. The Bertz CT molecular complexity index is 814. The molecular weight excluding hydrogens is 292 g/mol. The van der Waals surface area contributed by atoms with Crippen LogP contribution in [0.1, 0.15) is 11.1 Å². The molecule has 7 heteroatoms. The minimum Gasteiger partial charge on any atom is -0.394 e. The fraction of sp³-hybridized carbons (Fsp3) is 0.250. The van der Waals surface area contributed by atoms with Gasteiger partial charge >= 0.3 is 0 Å². The monoisotopic (exact) mass is 310 g/mol. The van der Waals surface area contributed by atoms with Gasteiger partial charge in [0.2, 0.25) is 0 Å². The van der Waals surface area contributed by atoms with Crippen LogP contribution in [0.15, 0.2) is 36.7 Å². The second-order valence-corrected chi connectivity index (χ2v) is 5.35. The van der Waals surface area contributed by atoms with Crippen molar-refractivity contribution in [2.24, 2.45) is 0 Å². The first kappa shape index (κ1) is 15.1. The first-order valence-electron chi connectivity index (χ1n) is 7.34. The van der Waals surface area contributed by atoms with E-state index in [-0.39, 0.29) is 6.61 Å². The molecule has 0 aliphatic carbocycles. The highest BCUT2D eigenvalue weighted by Crippen LogP contribution is 2.21. The number of hydrogen-bond acceptors (Lipinski definition) is 6. The van der Waals surface area contributed by atoms with E-state index in [1.807, 2.05) is 38.1 Å². The highest BCUT2D eigenvalue weighted by Gasteiger charge is 2.08. The van der Waals surface area contributed by atoms with Crippen molar-refractivity contribution >= 4 is 11.6 Å². The largest absolute Gasteiger partial charge is 0.394 e. The molecule has 3 heterocycles. The summed E-state index contributed by atoms with van der Waals surface area (Å²) in [6.45, 7) is 4.45. The van der Waals surface area contributed by atoms with Gasteiger partial charge < -0.3 is 10.4 Å². The van der Waals surface area contributed by atoms with E-state index in [0.29, 0.717) is 18.1 Å². The third-order valence-corrected chi connectivity index (χ3v) is 3.27. The van der Waals surface area contributed by atoms with Crippen molar-refractivity contribution in [3.05, 3.63) is 47.8 Å². The molecule has 0 spiro atoms. The molecule has 3 aromatic rings. The predicted octanol–water partition coefficient (Wildman–Crippen LogP) is 2.09. The minimum absolute atomic E-state index is 0.0237. The minimum atomic E-state index is 0.0237. The van der Waals surface area contributed by atoms with Crippen LogP contribution in [0.2, 0.25) is 0 Å². The molecule has 0 amide bonds. The van der Waals surface area contributed by atoms with E-state index in [9.17, 15) is 0 Å². The Morgan fingerprint density at radius 1 is 1.09 bits per heavy atom. The van der Waals surface area contributed by atoms with Crippen LogP contribution in [-0.2, 0) is 6.54 Å². The predicted molar refractivity (Wildman–Crippen MR) is 87.3 cm³/mol. The number of rotatable bonds is 5. The molecule has 2 N–H and O–H groups in total. The molecule has 0 saturated heterocycles. The number of aryl methyl sites for hydroxylation is 2. The van der Waals surface area contributed by atoms with Crippen molar-refractivity contribution in [3.8, 4) is 11.4 Å². The topological polar surface area (TPSA) is 88.8 Å². The van der Waals surface area contributed by atoms with Gasteiger partial charge in [-0.1, -0.05) is 5.21 Å². The molecule has 23 heavy (non-hydrogen) atoms. The van der Waals surface area contributed by atoms with Gasteiger partial charge in [0, 0.05) is 6.20 Å². The van der Waals surface area contributed by atoms with Crippen LogP contribution in [0.5, 0.6) is 0 Å². The maximum absolute atomic E-state index is 8.95. The lowest BCUT2D eigenvalue weighted by Gasteiger charge is -2.08. The second-order valence-electron chi connectivity index (χ2n) is 5.35. The number of nitrogens with zero attached hydrogens (tertiary/aromatic N) is 5. The first-order valence-corrected chi connectivity index (χ1v) is 7.34. The molecule has 3 aromatic heterocycles. The van der Waals surface area contributed by atoms with Crippen LogP contribution in [0, 0.1) is 13.8 Å². The molecule has 0 atom stereocenters. The highest BCUT2D eigenvalue weighted by molar-refractivity contribution is 5.61. The average molecular weight is 310 g/mol. The molecule has 0 saturated carbocycles. The van der Waals surface area contributed by atoms with E-state index >= 15 is 0 Å². The Kier molecular flexibility index (Phi) is 4.29. The van der Waals surface area contributed by atoms with Gasteiger partial charge in [-0.3, -0.25) is 0 Å². The summed E-state index contributed by atoms with van der Waals surface area (Å²) >= 11 is 0. The summed E-state index contributed by atoms with van der Waals surface area (Å²) in [6.07, 6.45) is 3.53. The number of pyridine rings is 2. The van der Waals surface area contributed by atoms with Crippen molar-refractivity contribution in [1.29, 1.82) is 0 Å². The summed E-state index contributed by atoms with van der Waals surface area (Å²) in [6, 6.07) is 7.80. The molecule has 0 fully saturated rings. The van der Waals surface area contributed by atoms with Crippen LogP contribution in [0.3, 0.4) is 0 Å². The number of aliphatic hydroxyl groups excluding tert-OH is 1. The molecule has 0 bridgehead atoms. The molecule has 7 nitrogen and oxygen atoms in total.